The molecule has 1 fully saturated rings. The quantitative estimate of drug-likeness (QED) is 0.926. The molecule has 7 nitrogen and oxygen atoms in total. The number of hydrogen-bond donors (Lipinski definition) is 1. The second-order valence-electron chi connectivity index (χ2n) is 5.94. The van der Waals surface area contributed by atoms with E-state index < -0.39 is 0 Å². The highest BCUT2D eigenvalue weighted by atomic mass is 16.2. The van der Waals surface area contributed by atoms with Crippen LogP contribution < -0.4 is 10.2 Å². The van der Waals surface area contributed by atoms with E-state index in [2.05, 4.69) is 26.3 Å². The van der Waals surface area contributed by atoms with Gasteiger partial charge < -0.3 is 15.1 Å². The standard InChI is InChI=1S/C18H20N6O/c1-14(16-3-5-20-6-4-16)22-18(25)24-10-8-23(9-11-24)17-12-15(13-19)2-7-21-17/h2-7,12,14H,8-11H2,1H3,(H,22,25). The van der Waals surface area contributed by atoms with Gasteiger partial charge in [-0.25, -0.2) is 9.78 Å². The summed E-state index contributed by atoms with van der Waals surface area (Å²) in [5, 5.41) is 12.0. The first-order valence-corrected chi connectivity index (χ1v) is 8.24. The molecule has 2 aromatic heterocycles. The molecule has 1 aliphatic heterocycles. The van der Waals surface area contributed by atoms with E-state index in [1.165, 1.54) is 0 Å². The van der Waals surface area contributed by atoms with Gasteiger partial charge in [-0.3, -0.25) is 4.98 Å². The molecule has 0 radical (unpaired) electrons. The Morgan fingerprint density at radius 2 is 1.92 bits per heavy atom. The minimum absolute atomic E-state index is 0.0669. The number of carbonyl (C=O) groups excluding carboxylic acids is 1. The van der Waals surface area contributed by atoms with Gasteiger partial charge in [-0.2, -0.15) is 5.26 Å². The van der Waals surface area contributed by atoms with Crippen LogP contribution in [0.15, 0.2) is 42.9 Å². The third-order valence-electron chi connectivity index (χ3n) is 4.31. The molecule has 0 bridgehead atoms. The number of rotatable bonds is 3. The number of anilines is 1. The van der Waals surface area contributed by atoms with Crippen molar-refractivity contribution >= 4 is 11.8 Å². The predicted octanol–water partition coefficient (Wildman–Crippen LogP) is 1.94. The number of hydrogen-bond acceptors (Lipinski definition) is 5. The molecule has 2 amide bonds. The lowest BCUT2D eigenvalue weighted by molar-refractivity contribution is 0.191. The molecule has 1 unspecified atom stereocenters. The lowest BCUT2D eigenvalue weighted by Crippen LogP contribution is -2.52. The van der Waals surface area contributed by atoms with E-state index >= 15 is 0 Å². The Morgan fingerprint density at radius 1 is 1.20 bits per heavy atom. The summed E-state index contributed by atoms with van der Waals surface area (Å²) in [6.45, 7) is 4.58. The van der Waals surface area contributed by atoms with E-state index in [-0.39, 0.29) is 12.1 Å². The zero-order chi connectivity index (χ0) is 17.6. The number of amides is 2. The summed E-state index contributed by atoms with van der Waals surface area (Å²) in [6.07, 6.45) is 5.08. The van der Waals surface area contributed by atoms with Crippen molar-refractivity contribution in [1.82, 2.24) is 20.2 Å². The van der Waals surface area contributed by atoms with Crippen LogP contribution in [-0.4, -0.2) is 47.1 Å². The smallest absolute Gasteiger partial charge is 0.317 e. The number of nitrogens with zero attached hydrogens (tertiary/aromatic N) is 5. The number of nitrogens with one attached hydrogen (secondary N) is 1. The van der Waals surface area contributed by atoms with Crippen molar-refractivity contribution in [3.05, 3.63) is 54.0 Å². The Hall–Kier alpha value is -3.14. The Morgan fingerprint density at radius 3 is 2.60 bits per heavy atom. The maximum atomic E-state index is 12.4. The Bertz CT molecular complexity index is 765. The SMILES string of the molecule is CC(NC(=O)N1CCN(c2cc(C#N)ccn2)CC1)c1ccncc1. The zero-order valence-corrected chi connectivity index (χ0v) is 14.1. The second-order valence-corrected chi connectivity index (χ2v) is 5.94. The third-order valence-corrected chi connectivity index (χ3v) is 4.31. The second kappa shape index (κ2) is 7.62. The summed E-state index contributed by atoms with van der Waals surface area (Å²) < 4.78 is 0. The van der Waals surface area contributed by atoms with Crippen LogP contribution >= 0.6 is 0 Å². The van der Waals surface area contributed by atoms with Crippen molar-refractivity contribution in [2.24, 2.45) is 0 Å². The monoisotopic (exact) mass is 336 g/mol. The fourth-order valence-electron chi connectivity index (χ4n) is 2.81. The molecule has 0 spiro atoms. The molecule has 3 rings (SSSR count). The average Bonchev–Trinajstić information content (AvgIpc) is 2.68. The van der Waals surface area contributed by atoms with Crippen LogP contribution in [0.2, 0.25) is 0 Å². The molecule has 1 saturated heterocycles. The van der Waals surface area contributed by atoms with Crippen molar-refractivity contribution in [3.8, 4) is 6.07 Å². The van der Waals surface area contributed by atoms with Crippen LogP contribution in [0.5, 0.6) is 0 Å². The van der Waals surface area contributed by atoms with Gasteiger partial charge in [0.2, 0.25) is 0 Å². The van der Waals surface area contributed by atoms with Gasteiger partial charge in [0.25, 0.3) is 0 Å². The summed E-state index contributed by atoms with van der Waals surface area (Å²) in [5.74, 6) is 0.782. The molecule has 7 heteroatoms. The largest absolute Gasteiger partial charge is 0.353 e. The summed E-state index contributed by atoms with van der Waals surface area (Å²) in [6, 6.07) is 9.26. The lowest BCUT2D eigenvalue weighted by atomic mass is 10.1. The van der Waals surface area contributed by atoms with Crippen LogP contribution in [0.3, 0.4) is 0 Å². The van der Waals surface area contributed by atoms with Gasteiger partial charge in [-0.05, 0) is 36.8 Å². The van der Waals surface area contributed by atoms with Gasteiger partial charge in [0.05, 0.1) is 17.7 Å². The molecule has 0 aliphatic carbocycles. The minimum Gasteiger partial charge on any atom is -0.353 e. The first kappa shape index (κ1) is 16.7. The van der Waals surface area contributed by atoms with Crippen LogP contribution in [0.1, 0.15) is 24.1 Å². The molecule has 0 saturated carbocycles. The Kier molecular flexibility index (Phi) is 5.09. The van der Waals surface area contributed by atoms with Crippen molar-refractivity contribution in [2.45, 2.75) is 13.0 Å². The maximum Gasteiger partial charge on any atom is 0.317 e. The molecular formula is C18H20N6O. The molecule has 128 valence electrons. The third kappa shape index (κ3) is 4.04. The van der Waals surface area contributed by atoms with E-state index in [1.807, 2.05) is 24.0 Å². The molecule has 0 aromatic carbocycles. The number of piperazine rings is 1. The van der Waals surface area contributed by atoms with Gasteiger partial charge in [-0.1, -0.05) is 0 Å². The highest BCUT2D eigenvalue weighted by Crippen LogP contribution is 2.16. The van der Waals surface area contributed by atoms with Crippen molar-refractivity contribution < 1.29 is 4.79 Å². The van der Waals surface area contributed by atoms with Crippen LogP contribution in [-0.2, 0) is 0 Å². The normalized spacial score (nSPS) is 15.4. The number of carbonyl (C=O) groups is 1. The molecule has 1 atom stereocenters. The van der Waals surface area contributed by atoms with E-state index in [0.29, 0.717) is 31.7 Å². The van der Waals surface area contributed by atoms with Crippen molar-refractivity contribution in [1.29, 1.82) is 5.26 Å². The van der Waals surface area contributed by atoms with E-state index in [4.69, 9.17) is 5.26 Å². The fraction of sp³-hybridized carbons (Fsp3) is 0.333. The highest BCUT2D eigenvalue weighted by Gasteiger charge is 2.23. The fourth-order valence-corrected chi connectivity index (χ4v) is 2.81. The van der Waals surface area contributed by atoms with E-state index in [9.17, 15) is 4.79 Å². The van der Waals surface area contributed by atoms with Gasteiger partial charge in [0.15, 0.2) is 0 Å². The summed E-state index contributed by atoms with van der Waals surface area (Å²) in [5.41, 5.74) is 1.62. The van der Waals surface area contributed by atoms with Crippen LogP contribution in [0.4, 0.5) is 10.6 Å². The van der Waals surface area contributed by atoms with Crippen molar-refractivity contribution in [2.75, 3.05) is 31.1 Å². The van der Waals surface area contributed by atoms with Crippen LogP contribution in [0.25, 0.3) is 0 Å². The highest BCUT2D eigenvalue weighted by molar-refractivity contribution is 5.75. The molecule has 25 heavy (non-hydrogen) atoms. The van der Waals surface area contributed by atoms with Gasteiger partial charge in [-0.15, -0.1) is 0 Å². The first-order chi connectivity index (χ1) is 12.2. The predicted molar refractivity (Wildman–Crippen MR) is 93.9 cm³/mol. The van der Waals surface area contributed by atoms with Gasteiger partial charge in [0, 0.05) is 44.8 Å². The lowest BCUT2D eigenvalue weighted by Gasteiger charge is -2.36. The van der Waals surface area contributed by atoms with Crippen molar-refractivity contribution in [3.63, 3.8) is 0 Å². The first-order valence-electron chi connectivity index (χ1n) is 8.24. The molecule has 1 N–H and O–H groups in total. The number of nitriles is 1. The number of pyridine rings is 2. The summed E-state index contributed by atoms with van der Waals surface area (Å²) in [4.78, 5) is 24.7. The van der Waals surface area contributed by atoms with E-state index in [1.54, 1.807) is 30.7 Å². The summed E-state index contributed by atoms with van der Waals surface area (Å²) >= 11 is 0. The number of urea groups is 1. The minimum atomic E-state index is -0.0671. The zero-order valence-electron chi connectivity index (χ0n) is 14.1. The maximum absolute atomic E-state index is 12.4. The van der Waals surface area contributed by atoms with E-state index in [0.717, 1.165) is 11.4 Å². The molecular weight excluding hydrogens is 316 g/mol. The Balaban J connectivity index is 1.55. The van der Waals surface area contributed by atoms with Gasteiger partial charge in [0.1, 0.15) is 5.82 Å². The Labute approximate surface area is 146 Å². The van der Waals surface area contributed by atoms with Crippen LogP contribution in [0, 0.1) is 11.3 Å². The topological polar surface area (TPSA) is 85.2 Å². The molecule has 3 heterocycles. The average molecular weight is 336 g/mol. The number of aromatic nitrogens is 2. The molecule has 1 aliphatic rings. The molecule has 2 aromatic rings. The summed E-state index contributed by atoms with van der Waals surface area (Å²) in [7, 11) is 0. The van der Waals surface area contributed by atoms with Gasteiger partial charge >= 0.3 is 6.03 Å².